The van der Waals surface area contributed by atoms with E-state index >= 15 is 0 Å². The first kappa shape index (κ1) is 12.3. The quantitative estimate of drug-likeness (QED) is 0.735. The minimum Gasteiger partial charge on any atom is -0.496 e. The Kier molecular flexibility index (Phi) is 4.11. The molecule has 3 heteroatoms. The number of hydrogen-bond acceptors (Lipinski definition) is 3. The van der Waals surface area contributed by atoms with Crippen LogP contribution in [0, 0.1) is 0 Å². The molecule has 0 unspecified atom stereocenters. The number of benzene rings is 1. The molecule has 0 aliphatic rings. The van der Waals surface area contributed by atoms with Gasteiger partial charge in [0.25, 0.3) is 0 Å². The fraction of sp³-hybridized carbons (Fsp3) is 0.308. The highest BCUT2D eigenvalue weighted by atomic mass is 16.5. The van der Waals surface area contributed by atoms with Gasteiger partial charge in [0.1, 0.15) is 11.3 Å². The van der Waals surface area contributed by atoms with Crippen LogP contribution in [0.1, 0.15) is 29.8 Å². The van der Waals surface area contributed by atoms with Crippen LogP contribution in [0.2, 0.25) is 0 Å². The van der Waals surface area contributed by atoms with E-state index in [4.69, 9.17) is 4.74 Å². The summed E-state index contributed by atoms with van der Waals surface area (Å²) in [5.74, 6) is 0.141. The maximum atomic E-state index is 11.4. The van der Waals surface area contributed by atoms with Crippen LogP contribution in [0.3, 0.4) is 0 Å². The van der Waals surface area contributed by atoms with Crippen LogP contribution in [0.15, 0.2) is 23.8 Å². The predicted octanol–water partition coefficient (Wildman–Crippen LogP) is 2.91. The van der Waals surface area contributed by atoms with Crippen molar-refractivity contribution in [1.82, 2.24) is 0 Å². The Balaban J connectivity index is 3.16. The van der Waals surface area contributed by atoms with E-state index in [1.807, 2.05) is 32.1 Å². The van der Waals surface area contributed by atoms with Gasteiger partial charge in [-0.3, -0.25) is 0 Å². The molecule has 3 nitrogen and oxygen atoms in total. The molecule has 86 valence electrons. The Hall–Kier alpha value is -1.77. The standard InChI is InChI=1S/C13H16O3/c1-9(2)7-10-5-6-11(13(14)16-4)12(8-10)15-3/h5-8H,1-4H3. The summed E-state index contributed by atoms with van der Waals surface area (Å²) in [7, 11) is 2.89. The van der Waals surface area contributed by atoms with Gasteiger partial charge in [-0.05, 0) is 31.5 Å². The lowest BCUT2D eigenvalue weighted by Crippen LogP contribution is -2.04. The summed E-state index contributed by atoms with van der Waals surface area (Å²) in [6, 6.07) is 5.39. The molecule has 0 heterocycles. The van der Waals surface area contributed by atoms with Crippen molar-refractivity contribution >= 4 is 12.0 Å². The first-order valence-electron chi connectivity index (χ1n) is 4.99. The molecule has 0 aliphatic heterocycles. The molecule has 0 fully saturated rings. The van der Waals surface area contributed by atoms with Crippen LogP contribution >= 0.6 is 0 Å². The smallest absolute Gasteiger partial charge is 0.341 e. The van der Waals surface area contributed by atoms with E-state index in [0.717, 1.165) is 5.56 Å². The van der Waals surface area contributed by atoms with Gasteiger partial charge in [-0.1, -0.05) is 17.7 Å². The minimum atomic E-state index is -0.388. The number of esters is 1. The molecule has 0 aliphatic carbocycles. The zero-order valence-electron chi connectivity index (χ0n) is 10.0. The molecule has 0 atom stereocenters. The number of carbonyl (C=O) groups is 1. The van der Waals surface area contributed by atoms with E-state index < -0.39 is 0 Å². The summed E-state index contributed by atoms with van der Waals surface area (Å²) in [4.78, 5) is 11.4. The lowest BCUT2D eigenvalue weighted by atomic mass is 10.1. The maximum Gasteiger partial charge on any atom is 0.341 e. The van der Waals surface area contributed by atoms with E-state index in [9.17, 15) is 4.79 Å². The van der Waals surface area contributed by atoms with Gasteiger partial charge in [0.15, 0.2) is 0 Å². The lowest BCUT2D eigenvalue weighted by molar-refractivity contribution is 0.0597. The molecule has 0 amide bonds. The van der Waals surface area contributed by atoms with Gasteiger partial charge in [0.05, 0.1) is 14.2 Å². The molecule has 0 spiro atoms. The fourth-order valence-electron chi connectivity index (χ4n) is 1.41. The molecular weight excluding hydrogens is 204 g/mol. The fourth-order valence-corrected chi connectivity index (χ4v) is 1.41. The highest BCUT2D eigenvalue weighted by molar-refractivity contribution is 5.92. The largest absolute Gasteiger partial charge is 0.496 e. The average Bonchev–Trinajstić information content (AvgIpc) is 2.27. The number of methoxy groups -OCH3 is 2. The molecular formula is C13H16O3. The third kappa shape index (κ3) is 2.86. The second-order valence-corrected chi connectivity index (χ2v) is 3.67. The maximum absolute atomic E-state index is 11.4. The van der Waals surface area contributed by atoms with Gasteiger partial charge in [-0.15, -0.1) is 0 Å². The Labute approximate surface area is 95.7 Å². The number of rotatable bonds is 3. The first-order valence-corrected chi connectivity index (χ1v) is 4.99. The summed E-state index contributed by atoms with van der Waals surface area (Å²) < 4.78 is 9.83. The number of allylic oxidation sites excluding steroid dienone is 1. The summed E-state index contributed by atoms with van der Waals surface area (Å²) in [5.41, 5.74) is 2.63. The molecule has 0 aromatic heterocycles. The number of carbonyl (C=O) groups excluding carboxylic acids is 1. The van der Waals surface area contributed by atoms with Gasteiger partial charge < -0.3 is 9.47 Å². The van der Waals surface area contributed by atoms with E-state index in [-0.39, 0.29) is 5.97 Å². The van der Waals surface area contributed by atoms with Crippen LogP contribution in [0.25, 0.3) is 6.08 Å². The van der Waals surface area contributed by atoms with Crippen molar-refractivity contribution in [3.8, 4) is 5.75 Å². The second-order valence-electron chi connectivity index (χ2n) is 3.67. The molecule has 0 bridgehead atoms. The summed E-state index contributed by atoms with van der Waals surface area (Å²) >= 11 is 0. The third-order valence-electron chi connectivity index (χ3n) is 2.09. The topological polar surface area (TPSA) is 35.5 Å². The molecule has 16 heavy (non-hydrogen) atoms. The van der Waals surface area contributed by atoms with E-state index in [1.54, 1.807) is 6.07 Å². The highest BCUT2D eigenvalue weighted by Gasteiger charge is 2.12. The van der Waals surface area contributed by atoms with Crippen LogP contribution < -0.4 is 4.74 Å². The summed E-state index contributed by atoms with van der Waals surface area (Å²) in [6.45, 7) is 4.03. The van der Waals surface area contributed by atoms with Gasteiger partial charge in [-0.2, -0.15) is 0 Å². The average molecular weight is 220 g/mol. The van der Waals surface area contributed by atoms with Crippen molar-refractivity contribution < 1.29 is 14.3 Å². The molecule has 0 saturated carbocycles. The normalized spacial score (nSPS) is 9.50. The van der Waals surface area contributed by atoms with Crippen molar-refractivity contribution in [2.45, 2.75) is 13.8 Å². The SMILES string of the molecule is COC(=O)c1ccc(C=C(C)C)cc1OC. The van der Waals surface area contributed by atoms with Gasteiger partial charge in [0, 0.05) is 0 Å². The van der Waals surface area contributed by atoms with Crippen molar-refractivity contribution in [1.29, 1.82) is 0 Å². The van der Waals surface area contributed by atoms with Gasteiger partial charge >= 0.3 is 5.97 Å². The Bertz CT molecular complexity index is 415. The third-order valence-corrected chi connectivity index (χ3v) is 2.09. The summed E-state index contributed by atoms with van der Waals surface area (Å²) in [6.07, 6.45) is 2.02. The van der Waals surface area contributed by atoms with E-state index in [2.05, 4.69) is 4.74 Å². The van der Waals surface area contributed by atoms with E-state index in [0.29, 0.717) is 11.3 Å². The molecule has 0 N–H and O–H groups in total. The predicted molar refractivity (Wildman–Crippen MR) is 63.7 cm³/mol. The highest BCUT2D eigenvalue weighted by Crippen LogP contribution is 2.22. The molecule has 1 aromatic carbocycles. The zero-order valence-corrected chi connectivity index (χ0v) is 10.0. The molecule has 0 saturated heterocycles. The van der Waals surface area contributed by atoms with Crippen molar-refractivity contribution in [3.63, 3.8) is 0 Å². The minimum absolute atomic E-state index is 0.388. The Morgan fingerprint density at radius 1 is 1.25 bits per heavy atom. The Morgan fingerprint density at radius 2 is 1.94 bits per heavy atom. The zero-order chi connectivity index (χ0) is 12.1. The second kappa shape index (κ2) is 5.35. The van der Waals surface area contributed by atoms with E-state index in [1.165, 1.54) is 19.8 Å². The number of ether oxygens (including phenoxy) is 2. The first-order chi connectivity index (χ1) is 7.58. The monoisotopic (exact) mass is 220 g/mol. The van der Waals surface area contributed by atoms with Crippen molar-refractivity contribution in [2.24, 2.45) is 0 Å². The van der Waals surface area contributed by atoms with Gasteiger partial charge in [0.2, 0.25) is 0 Å². The Morgan fingerprint density at radius 3 is 2.44 bits per heavy atom. The summed E-state index contributed by atoms with van der Waals surface area (Å²) in [5, 5.41) is 0. The van der Waals surface area contributed by atoms with Gasteiger partial charge in [-0.25, -0.2) is 4.79 Å². The van der Waals surface area contributed by atoms with Crippen molar-refractivity contribution in [2.75, 3.05) is 14.2 Å². The lowest BCUT2D eigenvalue weighted by Gasteiger charge is -2.07. The van der Waals surface area contributed by atoms with Crippen molar-refractivity contribution in [3.05, 3.63) is 34.9 Å². The van der Waals surface area contributed by atoms with Crippen LogP contribution in [-0.2, 0) is 4.74 Å². The molecule has 1 rings (SSSR count). The van der Waals surface area contributed by atoms with Crippen LogP contribution in [-0.4, -0.2) is 20.2 Å². The molecule has 1 aromatic rings. The molecule has 0 radical (unpaired) electrons. The van der Waals surface area contributed by atoms with Crippen LogP contribution in [0.4, 0.5) is 0 Å². The number of hydrogen-bond donors (Lipinski definition) is 0. The van der Waals surface area contributed by atoms with Crippen LogP contribution in [0.5, 0.6) is 5.75 Å².